The van der Waals surface area contributed by atoms with Crippen LogP contribution in [0.3, 0.4) is 0 Å². The average molecular weight is 415 g/mol. The summed E-state index contributed by atoms with van der Waals surface area (Å²) in [5.74, 6) is 1.19. The monoisotopic (exact) mass is 415 g/mol. The number of nitrogens with one attached hydrogen (secondary N) is 1. The number of H-pyrrole nitrogens is 1. The smallest absolute Gasteiger partial charge is 0.223 e. The Balaban J connectivity index is 1.22. The van der Waals surface area contributed by atoms with Crippen LogP contribution in [0.25, 0.3) is 10.9 Å². The van der Waals surface area contributed by atoms with Gasteiger partial charge in [0.1, 0.15) is 0 Å². The Kier molecular flexibility index (Phi) is 5.48. The molecule has 1 atom stereocenters. The van der Waals surface area contributed by atoms with Crippen molar-refractivity contribution in [2.24, 2.45) is 0 Å². The van der Waals surface area contributed by atoms with E-state index in [2.05, 4.69) is 26.2 Å². The van der Waals surface area contributed by atoms with Crippen molar-refractivity contribution in [2.75, 3.05) is 6.54 Å². The number of likely N-dealkylation sites (tertiary alicyclic amines) is 1. The second kappa shape index (κ2) is 8.71. The number of benzene rings is 1. The molecular weight excluding hydrogens is 390 g/mol. The van der Waals surface area contributed by atoms with Crippen molar-refractivity contribution >= 4 is 16.8 Å². The van der Waals surface area contributed by atoms with Gasteiger partial charge in [-0.15, -0.1) is 10.2 Å². The average Bonchev–Trinajstić information content (AvgIpc) is 3.45. The number of carbonyl (C=O) groups excluding carboxylic acids is 1. The van der Waals surface area contributed by atoms with E-state index in [1.807, 2.05) is 47.5 Å². The van der Waals surface area contributed by atoms with E-state index >= 15 is 0 Å². The molecule has 1 fully saturated rings. The molecule has 0 unspecified atom stereocenters. The molecule has 5 rings (SSSR count). The van der Waals surface area contributed by atoms with Gasteiger partial charge in [-0.05, 0) is 43.0 Å². The molecule has 7 nitrogen and oxygen atoms in total. The van der Waals surface area contributed by atoms with E-state index < -0.39 is 0 Å². The molecule has 158 valence electrons. The molecule has 1 aliphatic rings. The molecule has 1 aliphatic heterocycles. The zero-order valence-corrected chi connectivity index (χ0v) is 17.3. The number of aromatic amines is 1. The Labute approximate surface area is 180 Å². The number of para-hydroxylation sites is 1. The zero-order valence-electron chi connectivity index (χ0n) is 17.3. The van der Waals surface area contributed by atoms with Gasteiger partial charge < -0.3 is 14.3 Å². The summed E-state index contributed by atoms with van der Waals surface area (Å²) in [5.41, 5.74) is 3.18. The van der Waals surface area contributed by atoms with E-state index in [1.165, 1.54) is 0 Å². The summed E-state index contributed by atoms with van der Waals surface area (Å²) in [6.45, 7) is 0.774. The maximum absolute atomic E-state index is 13.0. The first kappa shape index (κ1) is 19.5. The SMILES string of the molecule is O=C(CCc1nnc(Cc2c[nH]c3ccccc23)o1)N1CCCC[C@@H]1c1ccccn1. The minimum Gasteiger partial charge on any atom is -0.425 e. The van der Waals surface area contributed by atoms with E-state index in [0.717, 1.165) is 48.0 Å². The van der Waals surface area contributed by atoms with Crippen LogP contribution in [0, 0.1) is 0 Å². The number of aromatic nitrogens is 4. The number of amides is 1. The van der Waals surface area contributed by atoms with Gasteiger partial charge in [0.15, 0.2) is 0 Å². The van der Waals surface area contributed by atoms with Crippen LogP contribution in [0.5, 0.6) is 0 Å². The predicted molar refractivity (Wildman–Crippen MR) is 116 cm³/mol. The maximum Gasteiger partial charge on any atom is 0.223 e. The van der Waals surface area contributed by atoms with Crippen molar-refractivity contribution in [2.45, 2.75) is 44.6 Å². The van der Waals surface area contributed by atoms with Crippen LogP contribution in [0.1, 0.15) is 54.8 Å². The largest absolute Gasteiger partial charge is 0.425 e. The van der Waals surface area contributed by atoms with Crippen molar-refractivity contribution in [3.05, 3.63) is 77.9 Å². The van der Waals surface area contributed by atoms with Gasteiger partial charge in [-0.2, -0.15) is 0 Å². The summed E-state index contributed by atoms with van der Waals surface area (Å²) in [7, 11) is 0. The zero-order chi connectivity index (χ0) is 21.0. The lowest BCUT2D eigenvalue weighted by molar-refractivity contribution is -0.135. The predicted octanol–water partition coefficient (Wildman–Crippen LogP) is 4.22. The molecule has 0 aliphatic carbocycles. The third-order valence-electron chi connectivity index (χ3n) is 5.93. The quantitative estimate of drug-likeness (QED) is 0.509. The topological polar surface area (TPSA) is 87.9 Å². The van der Waals surface area contributed by atoms with Crippen LogP contribution in [0.15, 0.2) is 59.3 Å². The number of rotatable bonds is 6. The summed E-state index contributed by atoms with van der Waals surface area (Å²) in [6, 6.07) is 14.1. The van der Waals surface area contributed by atoms with Crippen LogP contribution < -0.4 is 0 Å². The molecule has 0 radical (unpaired) electrons. The number of nitrogens with zero attached hydrogens (tertiary/aromatic N) is 4. The van der Waals surface area contributed by atoms with Crippen LogP contribution in [0.2, 0.25) is 0 Å². The molecule has 1 N–H and O–H groups in total. The standard InChI is InChI=1S/C24H25N5O2/c30-24(29-14-6-4-10-21(29)20-9-3-5-13-25-20)12-11-22-27-28-23(31-22)15-17-16-26-19-8-2-1-7-18(17)19/h1-3,5,7-9,13,16,21,26H,4,6,10-12,14-15H2/t21-/m1/s1. The van der Waals surface area contributed by atoms with Crippen molar-refractivity contribution in [1.82, 2.24) is 25.1 Å². The third kappa shape index (κ3) is 4.21. The van der Waals surface area contributed by atoms with Crippen LogP contribution in [-0.2, 0) is 17.6 Å². The summed E-state index contributed by atoms with van der Waals surface area (Å²) in [5, 5.41) is 9.50. The second-order valence-corrected chi connectivity index (χ2v) is 7.98. The van der Waals surface area contributed by atoms with Crippen molar-refractivity contribution in [1.29, 1.82) is 0 Å². The van der Waals surface area contributed by atoms with Gasteiger partial charge in [0.2, 0.25) is 17.7 Å². The first-order chi connectivity index (χ1) is 15.3. The van der Waals surface area contributed by atoms with Crippen LogP contribution in [0.4, 0.5) is 0 Å². The fourth-order valence-corrected chi connectivity index (χ4v) is 4.37. The Morgan fingerprint density at radius 3 is 2.87 bits per heavy atom. The number of carbonyl (C=O) groups is 1. The maximum atomic E-state index is 13.0. The molecule has 7 heteroatoms. The highest BCUT2D eigenvalue weighted by molar-refractivity contribution is 5.83. The normalized spacial score (nSPS) is 16.6. The molecule has 1 amide bonds. The fourth-order valence-electron chi connectivity index (χ4n) is 4.37. The van der Waals surface area contributed by atoms with Crippen LogP contribution >= 0.6 is 0 Å². The van der Waals surface area contributed by atoms with E-state index in [4.69, 9.17) is 4.42 Å². The Morgan fingerprint density at radius 2 is 1.97 bits per heavy atom. The molecule has 4 aromatic rings. The molecule has 1 aromatic carbocycles. The van der Waals surface area contributed by atoms with Gasteiger partial charge in [-0.3, -0.25) is 9.78 Å². The highest BCUT2D eigenvalue weighted by Gasteiger charge is 2.28. The molecular formula is C24H25N5O2. The first-order valence-electron chi connectivity index (χ1n) is 10.8. The lowest BCUT2D eigenvalue weighted by Gasteiger charge is -2.35. The number of aryl methyl sites for hydroxylation is 1. The van der Waals surface area contributed by atoms with Gasteiger partial charge in [0.05, 0.1) is 18.2 Å². The number of hydrogen-bond donors (Lipinski definition) is 1. The lowest BCUT2D eigenvalue weighted by atomic mass is 9.98. The van der Waals surface area contributed by atoms with E-state index in [0.29, 0.717) is 31.0 Å². The number of fused-ring (bicyclic) bond motifs is 1. The molecule has 4 heterocycles. The minimum atomic E-state index is 0.0579. The number of pyridine rings is 1. The summed E-state index contributed by atoms with van der Waals surface area (Å²) < 4.78 is 5.84. The molecule has 1 saturated heterocycles. The van der Waals surface area contributed by atoms with Gasteiger partial charge in [0, 0.05) is 42.7 Å². The van der Waals surface area contributed by atoms with E-state index in [9.17, 15) is 4.79 Å². The van der Waals surface area contributed by atoms with E-state index in [-0.39, 0.29) is 11.9 Å². The highest BCUT2D eigenvalue weighted by atomic mass is 16.4. The molecule has 3 aromatic heterocycles. The molecule has 0 saturated carbocycles. The van der Waals surface area contributed by atoms with Gasteiger partial charge in [0.25, 0.3) is 0 Å². The number of hydrogen-bond acceptors (Lipinski definition) is 5. The fraction of sp³-hybridized carbons (Fsp3) is 0.333. The Bertz CT molecular complexity index is 1170. The Hall–Kier alpha value is -3.48. The van der Waals surface area contributed by atoms with Crippen molar-refractivity contribution in [3.63, 3.8) is 0 Å². The van der Waals surface area contributed by atoms with Gasteiger partial charge in [-0.25, -0.2) is 0 Å². The minimum absolute atomic E-state index is 0.0579. The summed E-state index contributed by atoms with van der Waals surface area (Å²) in [6.07, 6.45) is 8.25. The Morgan fingerprint density at radius 1 is 1.10 bits per heavy atom. The van der Waals surface area contributed by atoms with Crippen LogP contribution in [-0.4, -0.2) is 37.5 Å². The van der Waals surface area contributed by atoms with E-state index in [1.54, 1.807) is 6.20 Å². The summed E-state index contributed by atoms with van der Waals surface area (Å²) >= 11 is 0. The first-order valence-corrected chi connectivity index (χ1v) is 10.8. The van der Waals surface area contributed by atoms with Gasteiger partial charge >= 0.3 is 0 Å². The lowest BCUT2D eigenvalue weighted by Crippen LogP contribution is -2.39. The second-order valence-electron chi connectivity index (χ2n) is 7.98. The molecule has 31 heavy (non-hydrogen) atoms. The van der Waals surface area contributed by atoms with Gasteiger partial charge in [-0.1, -0.05) is 24.3 Å². The highest BCUT2D eigenvalue weighted by Crippen LogP contribution is 2.30. The summed E-state index contributed by atoms with van der Waals surface area (Å²) in [4.78, 5) is 22.7. The van der Waals surface area contributed by atoms with Crippen molar-refractivity contribution < 1.29 is 9.21 Å². The number of piperidine rings is 1. The van der Waals surface area contributed by atoms with Crippen molar-refractivity contribution in [3.8, 4) is 0 Å². The third-order valence-corrected chi connectivity index (χ3v) is 5.93. The molecule has 0 bridgehead atoms. The molecule has 0 spiro atoms.